The molecule has 5 heteroatoms. The van der Waals surface area contributed by atoms with Gasteiger partial charge in [-0.25, -0.2) is 0 Å². The van der Waals surface area contributed by atoms with Crippen molar-refractivity contribution in [2.24, 2.45) is 0 Å². The van der Waals surface area contributed by atoms with Crippen LogP contribution in [0.15, 0.2) is 0 Å². The Hall–Kier alpha value is -0.650. The summed E-state index contributed by atoms with van der Waals surface area (Å²) in [6.45, 7) is 9.97. The van der Waals surface area contributed by atoms with Crippen molar-refractivity contribution in [3.05, 3.63) is 0 Å². The summed E-state index contributed by atoms with van der Waals surface area (Å²) < 4.78 is 0. The number of hydrogen-bond donors (Lipinski definition) is 1. The van der Waals surface area contributed by atoms with Crippen LogP contribution in [0.25, 0.3) is 0 Å². The summed E-state index contributed by atoms with van der Waals surface area (Å²) in [5, 5.41) is 3.39. The van der Waals surface area contributed by atoms with Crippen molar-refractivity contribution in [1.82, 2.24) is 20.0 Å². The van der Waals surface area contributed by atoms with Crippen molar-refractivity contribution in [2.75, 3.05) is 59.4 Å². The predicted molar refractivity (Wildman–Crippen MR) is 81.8 cm³/mol. The Morgan fingerprint density at radius 1 is 1.15 bits per heavy atom. The van der Waals surface area contributed by atoms with Crippen LogP contribution in [0.1, 0.15) is 26.2 Å². The molecule has 1 amide bonds. The van der Waals surface area contributed by atoms with E-state index in [1.807, 2.05) is 0 Å². The van der Waals surface area contributed by atoms with E-state index in [1.165, 1.54) is 0 Å². The van der Waals surface area contributed by atoms with Crippen molar-refractivity contribution in [1.29, 1.82) is 0 Å². The standard InChI is InChI=1S/C15H30N4O/c1-3-14-12-17(2)8-5-10-19(14)15(20)13-18-9-4-6-16-7-11-18/h14,16H,3-13H2,1-2H3. The van der Waals surface area contributed by atoms with Crippen molar-refractivity contribution < 1.29 is 4.79 Å². The van der Waals surface area contributed by atoms with Gasteiger partial charge < -0.3 is 15.1 Å². The zero-order chi connectivity index (χ0) is 14.4. The first-order chi connectivity index (χ1) is 9.70. The molecule has 2 fully saturated rings. The van der Waals surface area contributed by atoms with Gasteiger partial charge in [0.15, 0.2) is 0 Å². The average Bonchev–Trinajstić information content (AvgIpc) is 2.79. The van der Waals surface area contributed by atoms with E-state index in [9.17, 15) is 4.79 Å². The van der Waals surface area contributed by atoms with E-state index in [1.54, 1.807) is 0 Å². The van der Waals surface area contributed by atoms with Gasteiger partial charge >= 0.3 is 0 Å². The molecule has 0 bridgehead atoms. The molecule has 5 nitrogen and oxygen atoms in total. The van der Waals surface area contributed by atoms with Crippen molar-refractivity contribution >= 4 is 5.91 Å². The molecule has 20 heavy (non-hydrogen) atoms. The molecule has 1 atom stereocenters. The SMILES string of the molecule is CCC1CN(C)CCCN1C(=O)CN1CCCNCC1. The zero-order valence-electron chi connectivity index (χ0n) is 13.1. The first kappa shape index (κ1) is 15.7. The maximum absolute atomic E-state index is 12.7. The van der Waals surface area contributed by atoms with Crippen LogP contribution in [-0.2, 0) is 4.79 Å². The molecular weight excluding hydrogens is 252 g/mol. The highest BCUT2D eigenvalue weighted by Crippen LogP contribution is 2.13. The van der Waals surface area contributed by atoms with Crippen LogP contribution in [0.4, 0.5) is 0 Å². The van der Waals surface area contributed by atoms with E-state index in [4.69, 9.17) is 0 Å². The minimum Gasteiger partial charge on any atom is -0.337 e. The number of hydrogen-bond acceptors (Lipinski definition) is 4. The van der Waals surface area contributed by atoms with Gasteiger partial charge in [-0.2, -0.15) is 0 Å². The summed E-state index contributed by atoms with van der Waals surface area (Å²) in [6.07, 6.45) is 3.30. The summed E-state index contributed by atoms with van der Waals surface area (Å²) in [5.41, 5.74) is 0. The van der Waals surface area contributed by atoms with Crippen LogP contribution >= 0.6 is 0 Å². The Morgan fingerprint density at radius 2 is 2.00 bits per heavy atom. The van der Waals surface area contributed by atoms with Crippen molar-refractivity contribution in [2.45, 2.75) is 32.2 Å². The van der Waals surface area contributed by atoms with Crippen LogP contribution in [0.3, 0.4) is 0 Å². The Morgan fingerprint density at radius 3 is 2.80 bits per heavy atom. The molecule has 2 saturated heterocycles. The fourth-order valence-corrected chi connectivity index (χ4v) is 3.26. The molecule has 0 aromatic heterocycles. The lowest BCUT2D eigenvalue weighted by Gasteiger charge is -2.32. The fraction of sp³-hybridized carbons (Fsp3) is 0.933. The molecule has 0 aromatic rings. The molecule has 2 heterocycles. The fourth-order valence-electron chi connectivity index (χ4n) is 3.26. The van der Waals surface area contributed by atoms with E-state index in [2.05, 4.69) is 34.0 Å². The Balaban J connectivity index is 1.91. The van der Waals surface area contributed by atoms with Gasteiger partial charge in [0, 0.05) is 32.2 Å². The predicted octanol–water partition coefficient (Wildman–Crippen LogP) is 0.224. The molecule has 116 valence electrons. The normalized spacial score (nSPS) is 27.1. The molecule has 2 aliphatic heterocycles. The minimum atomic E-state index is 0.328. The first-order valence-electron chi connectivity index (χ1n) is 8.11. The molecule has 1 unspecified atom stereocenters. The van der Waals surface area contributed by atoms with Gasteiger partial charge in [0.2, 0.25) is 5.91 Å². The Labute approximate surface area is 123 Å². The highest BCUT2D eigenvalue weighted by Gasteiger charge is 2.27. The number of likely N-dealkylation sites (N-methyl/N-ethyl adjacent to an activating group) is 1. The van der Waals surface area contributed by atoms with Gasteiger partial charge in [-0.05, 0) is 45.9 Å². The lowest BCUT2D eigenvalue weighted by Crippen LogP contribution is -2.48. The number of amides is 1. The maximum atomic E-state index is 12.7. The van der Waals surface area contributed by atoms with E-state index < -0.39 is 0 Å². The van der Waals surface area contributed by atoms with Crippen molar-refractivity contribution in [3.63, 3.8) is 0 Å². The third-order valence-electron chi connectivity index (χ3n) is 4.49. The molecular formula is C15H30N4O. The third kappa shape index (κ3) is 4.43. The monoisotopic (exact) mass is 282 g/mol. The molecule has 0 aromatic carbocycles. The summed E-state index contributed by atoms with van der Waals surface area (Å²) in [5.74, 6) is 0.328. The third-order valence-corrected chi connectivity index (χ3v) is 4.49. The highest BCUT2D eigenvalue weighted by molar-refractivity contribution is 5.78. The number of rotatable bonds is 3. The number of nitrogens with zero attached hydrogens (tertiary/aromatic N) is 3. The molecule has 0 radical (unpaired) electrons. The summed E-state index contributed by atoms with van der Waals surface area (Å²) in [6, 6.07) is 0.389. The molecule has 0 aliphatic carbocycles. The molecule has 0 saturated carbocycles. The van der Waals surface area contributed by atoms with Crippen LogP contribution in [0.5, 0.6) is 0 Å². The Kier molecular flexibility index (Phi) is 6.26. The van der Waals surface area contributed by atoms with E-state index >= 15 is 0 Å². The summed E-state index contributed by atoms with van der Waals surface area (Å²) in [4.78, 5) is 19.5. The topological polar surface area (TPSA) is 38.8 Å². The van der Waals surface area contributed by atoms with Gasteiger partial charge in [0.05, 0.1) is 6.54 Å². The Bertz CT molecular complexity index is 302. The van der Waals surface area contributed by atoms with Gasteiger partial charge in [0.25, 0.3) is 0 Å². The average molecular weight is 282 g/mol. The number of nitrogens with one attached hydrogen (secondary N) is 1. The van der Waals surface area contributed by atoms with Crippen LogP contribution in [0, 0.1) is 0 Å². The summed E-state index contributed by atoms with van der Waals surface area (Å²) in [7, 11) is 2.16. The first-order valence-corrected chi connectivity index (χ1v) is 8.11. The quantitative estimate of drug-likeness (QED) is 0.804. The zero-order valence-corrected chi connectivity index (χ0v) is 13.1. The molecule has 1 N–H and O–H groups in total. The van der Waals surface area contributed by atoms with Crippen LogP contribution < -0.4 is 5.32 Å². The van der Waals surface area contributed by atoms with Crippen LogP contribution in [0.2, 0.25) is 0 Å². The van der Waals surface area contributed by atoms with E-state index in [0.717, 1.165) is 65.1 Å². The summed E-state index contributed by atoms with van der Waals surface area (Å²) >= 11 is 0. The van der Waals surface area contributed by atoms with Crippen molar-refractivity contribution in [3.8, 4) is 0 Å². The van der Waals surface area contributed by atoms with Gasteiger partial charge in [-0.3, -0.25) is 9.69 Å². The highest BCUT2D eigenvalue weighted by atomic mass is 16.2. The second kappa shape index (κ2) is 7.96. The number of carbonyl (C=O) groups excluding carboxylic acids is 1. The second-order valence-electron chi connectivity index (χ2n) is 6.14. The van der Waals surface area contributed by atoms with Gasteiger partial charge in [-0.1, -0.05) is 6.92 Å². The van der Waals surface area contributed by atoms with Gasteiger partial charge in [0.1, 0.15) is 0 Å². The van der Waals surface area contributed by atoms with E-state index in [-0.39, 0.29) is 0 Å². The molecule has 2 rings (SSSR count). The second-order valence-corrected chi connectivity index (χ2v) is 6.14. The lowest BCUT2D eigenvalue weighted by molar-refractivity contribution is -0.134. The number of carbonyl (C=O) groups is 1. The van der Waals surface area contributed by atoms with E-state index in [0.29, 0.717) is 18.5 Å². The maximum Gasteiger partial charge on any atom is 0.237 e. The largest absolute Gasteiger partial charge is 0.337 e. The minimum absolute atomic E-state index is 0.328. The molecule has 0 spiro atoms. The van der Waals surface area contributed by atoms with Crippen LogP contribution in [-0.4, -0.2) is 86.1 Å². The lowest BCUT2D eigenvalue weighted by atomic mass is 10.2. The van der Waals surface area contributed by atoms with Gasteiger partial charge in [-0.15, -0.1) is 0 Å². The molecule has 2 aliphatic rings. The smallest absolute Gasteiger partial charge is 0.237 e.